The van der Waals surface area contributed by atoms with Crippen molar-refractivity contribution in [3.63, 3.8) is 0 Å². The number of carbonyl (C=O) groups is 3. The molecule has 366 valence electrons. The van der Waals surface area contributed by atoms with Gasteiger partial charge in [-0.15, -0.1) is 0 Å². The molecule has 67 heavy (non-hydrogen) atoms. The Balaban J connectivity index is 1.34. The van der Waals surface area contributed by atoms with Crippen molar-refractivity contribution in [1.82, 2.24) is 10.2 Å². The van der Waals surface area contributed by atoms with Gasteiger partial charge in [0.05, 0.1) is 12.0 Å². The molecule has 1 atom stereocenters. The second-order valence-corrected chi connectivity index (χ2v) is 16.5. The van der Waals surface area contributed by atoms with Crippen molar-refractivity contribution in [2.24, 2.45) is 5.41 Å². The molecular weight excluding hydrogens is 943 g/mol. The van der Waals surface area contributed by atoms with Crippen molar-refractivity contribution >= 4 is 23.4 Å². The van der Waals surface area contributed by atoms with Crippen LogP contribution in [0.15, 0.2) is 102 Å². The summed E-state index contributed by atoms with van der Waals surface area (Å²) in [5.41, 5.74) is -0.852. The van der Waals surface area contributed by atoms with Crippen LogP contribution in [0.2, 0.25) is 0 Å². The number of Topliss-reactive ketones (excluding diaryl/α,β-unsaturated/α-hetero) is 1. The van der Waals surface area contributed by atoms with E-state index in [1.807, 2.05) is 12.1 Å². The van der Waals surface area contributed by atoms with Gasteiger partial charge in [-0.2, -0.15) is 74.6 Å². The number of hydrogen-bond donors (Lipinski definition) is 1. The Labute approximate surface area is 369 Å². The minimum atomic E-state index is -8.71. The molecule has 0 saturated carbocycles. The Morgan fingerprint density at radius 3 is 1.60 bits per heavy atom. The second-order valence-electron chi connectivity index (χ2n) is 16.5. The van der Waals surface area contributed by atoms with Crippen LogP contribution in [0.25, 0.3) is 5.57 Å². The number of allylic oxidation sites excluding steroid dienone is 1. The van der Waals surface area contributed by atoms with Crippen molar-refractivity contribution in [3.8, 4) is 0 Å². The van der Waals surface area contributed by atoms with E-state index >= 15 is 0 Å². The third kappa shape index (κ3) is 8.74. The molecule has 1 N–H and O–H groups in total. The number of alkyl halides is 17. The van der Waals surface area contributed by atoms with Crippen molar-refractivity contribution in [2.45, 2.75) is 99.8 Å². The van der Waals surface area contributed by atoms with Gasteiger partial charge in [-0.25, -0.2) is 4.79 Å². The van der Waals surface area contributed by atoms with Crippen LogP contribution in [0.5, 0.6) is 0 Å². The van der Waals surface area contributed by atoms with E-state index in [1.54, 1.807) is 62.4 Å². The molecule has 3 aromatic carbocycles. The Hall–Kier alpha value is -5.64. The molecule has 1 aliphatic carbocycles. The van der Waals surface area contributed by atoms with E-state index in [9.17, 15) is 89.0 Å². The molecule has 0 aromatic heterocycles. The number of rotatable bonds is 16. The minimum Gasteiger partial charge on any atom is -0.445 e. The van der Waals surface area contributed by atoms with Gasteiger partial charge < -0.3 is 10.1 Å². The predicted octanol–water partition coefficient (Wildman–Crippen LogP) is 11.7. The van der Waals surface area contributed by atoms with Crippen LogP contribution in [0.4, 0.5) is 79.4 Å². The van der Waals surface area contributed by atoms with E-state index in [0.29, 0.717) is 23.1 Å². The smallest absolute Gasteiger partial charge is 0.445 e. The molecule has 0 fully saturated rings. The molecule has 0 spiro atoms. The number of benzene rings is 3. The largest absolute Gasteiger partial charge is 0.460 e. The summed E-state index contributed by atoms with van der Waals surface area (Å²) in [6, 6.07) is 21.2. The summed E-state index contributed by atoms with van der Waals surface area (Å²) in [6.07, 6.45) is -11.2. The van der Waals surface area contributed by atoms with E-state index < -0.39 is 95.6 Å². The lowest BCUT2D eigenvalue weighted by molar-refractivity contribution is -0.461. The SMILES string of the molecule is CC1(C)C(=O)C(c2ccccc2)=C2CN(C(=O)OCc3ccc(CCC(F)(F)C(F)(F)C(F)(F)C(F)(F)C(F)(F)C(F)(F)C(F)(F)C(F)(F)F)cc3)C(C)(C(=O)NCCc3ccccc3)C=C21. The summed E-state index contributed by atoms with van der Waals surface area (Å²) in [4.78, 5) is 42.9. The first kappa shape index (κ1) is 52.3. The molecule has 0 radical (unpaired) electrons. The molecule has 2 amide bonds. The molecule has 1 unspecified atom stereocenters. The number of halogens is 17. The Morgan fingerprint density at radius 2 is 1.07 bits per heavy atom. The van der Waals surface area contributed by atoms with E-state index in [-0.39, 0.29) is 30.0 Å². The van der Waals surface area contributed by atoms with Crippen LogP contribution in [0.3, 0.4) is 0 Å². The zero-order chi connectivity index (χ0) is 50.6. The van der Waals surface area contributed by atoms with Gasteiger partial charge in [0.15, 0.2) is 5.78 Å². The maximum Gasteiger partial charge on any atom is 0.460 e. The second kappa shape index (κ2) is 17.5. The van der Waals surface area contributed by atoms with Crippen molar-refractivity contribution in [2.75, 3.05) is 13.1 Å². The molecule has 0 saturated heterocycles. The highest BCUT2D eigenvalue weighted by Gasteiger charge is 2.95. The monoisotopic (exact) mass is 980 g/mol. The fraction of sp³-hybridized carbons (Fsp3) is 0.432. The maximum atomic E-state index is 14.6. The van der Waals surface area contributed by atoms with Crippen LogP contribution in [-0.2, 0) is 33.8 Å². The molecular formula is C44H37F17N2O4. The summed E-state index contributed by atoms with van der Waals surface area (Å²) in [5.74, 6) is -57.9. The molecule has 5 rings (SSSR count). The molecule has 1 aliphatic heterocycles. The summed E-state index contributed by atoms with van der Waals surface area (Å²) >= 11 is 0. The average molecular weight is 981 g/mol. The first-order chi connectivity index (χ1) is 30.5. The predicted molar refractivity (Wildman–Crippen MR) is 204 cm³/mol. The van der Waals surface area contributed by atoms with Crippen LogP contribution in [0.1, 0.15) is 49.4 Å². The molecule has 1 heterocycles. The number of ketones is 1. The van der Waals surface area contributed by atoms with Gasteiger partial charge >= 0.3 is 53.7 Å². The van der Waals surface area contributed by atoms with E-state index in [0.717, 1.165) is 34.7 Å². The highest BCUT2D eigenvalue weighted by molar-refractivity contribution is 6.29. The Bertz CT molecular complexity index is 2400. The minimum absolute atomic E-state index is 0.0165. The van der Waals surface area contributed by atoms with Gasteiger partial charge in [0.25, 0.3) is 0 Å². The fourth-order valence-corrected chi connectivity index (χ4v) is 7.37. The van der Waals surface area contributed by atoms with Gasteiger partial charge in [-0.3, -0.25) is 14.5 Å². The number of amides is 2. The number of fused-ring (bicyclic) bond motifs is 1. The lowest BCUT2D eigenvalue weighted by atomic mass is 9.77. The summed E-state index contributed by atoms with van der Waals surface area (Å²) in [7, 11) is 0. The van der Waals surface area contributed by atoms with Gasteiger partial charge in [0, 0.05) is 18.5 Å². The average Bonchev–Trinajstić information content (AvgIpc) is 3.44. The summed E-state index contributed by atoms with van der Waals surface area (Å²) in [5, 5.41) is 2.80. The molecule has 6 nitrogen and oxygen atoms in total. The van der Waals surface area contributed by atoms with Crippen molar-refractivity contribution < 1.29 is 93.8 Å². The first-order valence-corrected chi connectivity index (χ1v) is 19.7. The molecule has 3 aromatic rings. The standard InChI is InChI=1S/C44H37F17N2O4/c1-35(2)30-22-36(3,33(65)62-21-19-25-10-6-4-7-11-25)63(23-29(30)31(32(35)64)28-12-8-5-9-13-28)34(66)67-24-27-16-14-26(15-17-27)18-20-37(45,46)38(47,48)39(49,50)40(51,52)41(53,54)42(55,56)43(57,58)44(59,60)61/h4-17,22H,18-21,23-24H2,1-3H3,(H,62,65). The molecule has 2 aliphatic rings. The normalized spacial score (nSPS) is 18.7. The topological polar surface area (TPSA) is 75.7 Å². The Kier molecular flexibility index (Phi) is 13.6. The zero-order valence-corrected chi connectivity index (χ0v) is 34.9. The highest BCUT2D eigenvalue weighted by atomic mass is 19.4. The Morgan fingerprint density at radius 1 is 0.612 bits per heavy atom. The third-order valence-electron chi connectivity index (χ3n) is 11.6. The number of ether oxygens (including phenoxy) is 1. The van der Waals surface area contributed by atoms with E-state index in [4.69, 9.17) is 4.74 Å². The van der Waals surface area contributed by atoms with Crippen LogP contribution < -0.4 is 5.32 Å². The third-order valence-corrected chi connectivity index (χ3v) is 11.6. The number of carbonyl (C=O) groups excluding carboxylic acids is 3. The quantitative estimate of drug-likeness (QED) is 0.145. The lowest BCUT2D eigenvalue weighted by Crippen LogP contribution is -2.74. The number of aryl methyl sites for hydroxylation is 1. The number of hydrogen-bond acceptors (Lipinski definition) is 4. The highest BCUT2D eigenvalue weighted by Crippen LogP contribution is 2.64. The fourth-order valence-electron chi connectivity index (χ4n) is 7.37. The summed E-state index contributed by atoms with van der Waals surface area (Å²) < 4.78 is 238. The van der Waals surface area contributed by atoms with Crippen molar-refractivity contribution in [3.05, 3.63) is 124 Å². The number of nitrogens with one attached hydrogen (secondary N) is 1. The lowest BCUT2D eigenvalue weighted by Gasteiger charge is -2.42. The molecule has 23 heteroatoms. The first-order valence-electron chi connectivity index (χ1n) is 19.7. The summed E-state index contributed by atoms with van der Waals surface area (Å²) in [6.45, 7) is 3.87. The van der Waals surface area contributed by atoms with Gasteiger partial charge in [0.2, 0.25) is 5.91 Å². The molecule has 0 bridgehead atoms. The van der Waals surface area contributed by atoms with Gasteiger partial charge in [0.1, 0.15) is 12.1 Å². The van der Waals surface area contributed by atoms with Crippen LogP contribution in [-0.4, -0.2) is 88.9 Å². The van der Waals surface area contributed by atoms with Gasteiger partial charge in [-0.05, 0) is 73.1 Å². The van der Waals surface area contributed by atoms with Crippen molar-refractivity contribution in [1.29, 1.82) is 0 Å². The van der Waals surface area contributed by atoms with E-state index in [1.165, 1.54) is 13.0 Å². The van der Waals surface area contributed by atoms with E-state index in [2.05, 4.69) is 5.32 Å². The van der Waals surface area contributed by atoms with Crippen LogP contribution in [0, 0.1) is 5.41 Å². The maximum absolute atomic E-state index is 14.6. The van der Waals surface area contributed by atoms with Gasteiger partial charge in [-0.1, -0.05) is 84.9 Å². The zero-order valence-electron chi connectivity index (χ0n) is 34.9. The number of nitrogens with zero attached hydrogens (tertiary/aromatic N) is 1. The van der Waals surface area contributed by atoms with Crippen LogP contribution >= 0.6 is 0 Å².